The Morgan fingerprint density at radius 3 is 2.84 bits per heavy atom. The maximum Gasteiger partial charge on any atom is 0.251 e. The number of rotatable bonds is 8. The highest BCUT2D eigenvalue weighted by atomic mass is 35.5. The molecule has 0 unspecified atom stereocenters. The summed E-state index contributed by atoms with van der Waals surface area (Å²) >= 11 is 6.02. The van der Waals surface area contributed by atoms with Crippen molar-refractivity contribution >= 4 is 23.2 Å². The van der Waals surface area contributed by atoms with Gasteiger partial charge in [-0.25, -0.2) is 4.98 Å². The Bertz CT molecular complexity index is 1140. The number of anilines is 1. The van der Waals surface area contributed by atoms with Crippen LogP contribution in [-0.2, 0) is 6.54 Å². The van der Waals surface area contributed by atoms with Gasteiger partial charge in [0, 0.05) is 35.8 Å². The van der Waals surface area contributed by atoms with Crippen LogP contribution in [0.1, 0.15) is 23.1 Å². The Hall–Kier alpha value is -3.89. The Kier molecular flexibility index (Phi) is 7.57. The molecule has 0 aliphatic carbocycles. The van der Waals surface area contributed by atoms with E-state index in [9.17, 15) is 4.79 Å². The van der Waals surface area contributed by atoms with Gasteiger partial charge in [0.15, 0.2) is 5.82 Å². The number of hydrogen-bond acceptors (Lipinski definition) is 5. The van der Waals surface area contributed by atoms with Crippen LogP contribution in [0.5, 0.6) is 0 Å². The number of terminal acetylenes is 1. The third-order valence-corrected chi connectivity index (χ3v) is 4.62. The summed E-state index contributed by atoms with van der Waals surface area (Å²) in [6, 6.07) is 10.9. The lowest BCUT2D eigenvalue weighted by molar-refractivity contribution is 0.0957. The van der Waals surface area contributed by atoms with Crippen molar-refractivity contribution in [2.75, 3.05) is 11.9 Å². The quantitative estimate of drug-likeness (QED) is 0.370. The number of hydrogen-bond donors (Lipinski definition) is 3. The highest BCUT2D eigenvalue weighted by molar-refractivity contribution is 6.32. The largest absolute Gasteiger partial charge is 0.378 e. The van der Waals surface area contributed by atoms with E-state index in [4.69, 9.17) is 18.0 Å². The number of amides is 1. The van der Waals surface area contributed by atoms with Crippen molar-refractivity contribution in [2.45, 2.75) is 13.5 Å². The van der Waals surface area contributed by atoms with Gasteiger partial charge in [0.1, 0.15) is 5.82 Å². The molecule has 0 aliphatic heterocycles. The van der Waals surface area contributed by atoms with Gasteiger partial charge in [0.25, 0.3) is 5.91 Å². The van der Waals surface area contributed by atoms with E-state index < -0.39 is 0 Å². The average molecular weight is 433 g/mol. The first-order valence-electron chi connectivity index (χ1n) is 9.52. The molecule has 3 aromatic rings. The van der Waals surface area contributed by atoms with Gasteiger partial charge in [0.05, 0.1) is 11.6 Å². The number of aromatic nitrogens is 4. The predicted molar refractivity (Wildman–Crippen MR) is 122 cm³/mol. The first-order valence-corrected chi connectivity index (χ1v) is 9.90. The number of carbonyl (C=O) groups is 1. The third-order valence-electron chi connectivity index (χ3n) is 4.27. The summed E-state index contributed by atoms with van der Waals surface area (Å²) in [5.74, 6) is 3.43. The molecule has 0 spiro atoms. The van der Waals surface area contributed by atoms with Crippen molar-refractivity contribution in [2.24, 2.45) is 0 Å². The molecule has 0 saturated carbocycles. The molecule has 31 heavy (non-hydrogen) atoms. The van der Waals surface area contributed by atoms with E-state index in [1.54, 1.807) is 36.7 Å². The van der Waals surface area contributed by atoms with Crippen LogP contribution < -0.4 is 10.6 Å². The topological polar surface area (TPSA) is 95.6 Å². The van der Waals surface area contributed by atoms with Crippen molar-refractivity contribution in [3.63, 3.8) is 0 Å². The molecule has 8 heteroatoms. The normalized spacial score (nSPS) is 11.6. The summed E-state index contributed by atoms with van der Waals surface area (Å²) in [6.45, 7) is 2.51. The Balaban J connectivity index is 1.61. The molecule has 0 saturated heterocycles. The second-order valence-electron chi connectivity index (χ2n) is 6.44. The van der Waals surface area contributed by atoms with E-state index in [0.29, 0.717) is 29.3 Å². The number of aromatic amines is 1. The van der Waals surface area contributed by atoms with Crippen molar-refractivity contribution in [1.82, 2.24) is 25.5 Å². The van der Waals surface area contributed by atoms with Crippen LogP contribution in [0, 0.1) is 12.3 Å². The molecule has 1 amide bonds. The van der Waals surface area contributed by atoms with Crippen LogP contribution in [0.25, 0.3) is 11.4 Å². The summed E-state index contributed by atoms with van der Waals surface area (Å²) in [7, 11) is 0. The fourth-order valence-corrected chi connectivity index (χ4v) is 2.87. The van der Waals surface area contributed by atoms with Crippen molar-refractivity contribution < 1.29 is 4.79 Å². The van der Waals surface area contributed by atoms with Gasteiger partial charge in [-0.1, -0.05) is 35.7 Å². The number of nitrogens with one attached hydrogen (secondary N) is 3. The number of halogens is 1. The smallest absolute Gasteiger partial charge is 0.251 e. The van der Waals surface area contributed by atoms with Gasteiger partial charge in [0.2, 0.25) is 0 Å². The summed E-state index contributed by atoms with van der Waals surface area (Å²) < 4.78 is 0. The molecule has 0 fully saturated rings. The molecule has 7 nitrogen and oxygen atoms in total. The molecule has 2 heterocycles. The summed E-state index contributed by atoms with van der Waals surface area (Å²) in [5, 5.41) is 13.5. The van der Waals surface area contributed by atoms with E-state index in [-0.39, 0.29) is 17.5 Å². The van der Waals surface area contributed by atoms with Crippen LogP contribution in [0.4, 0.5) is 5.69 Å². The van der Waals surface area contributed by atoms with Crippen LogP contribution in [0.15, 0.2) is 71.5 Å². The Morgan fingerprint density at radius 2 is 2.10 bits per heavy atom. The van der Waals surface area contributed by atoms with E-state index >= 15 is 0 Å². The van der Waals surface area contributed by atoms with Gasteiger partial charge in [-0.05, 0) is 42.8 Å². The van der Waals surface area contributed by atoms with Crippen molar-refractivity contribution in [3.05, 3.63) is 82.9 Å². The minimum absolute atomic E-state index is 0.230. The second-order valence-corrected chi connectivity index (χ2v) is 6.82. The highest BCUT2D eigenvalue weighted by Crippen LogP contribution is 2.15. The Labute approximate surface area is 185 Å². The van der Waals surface area contributed by atoms with Gasteiger partial charge in [-0.2, -0.15) is 5.10 Å². The monoisotopic (exact) mass is 432 g/mol. The molecule has 0 atom stereocenters. The van der Waals surface area contributed by atoms with Crippen LogP contribution >= 0.6 is 11.6 Å². The molecule has 0 radical (unpaired) electrons. The van der Waals surface area contributed by atoms with Gasteiger partial charge in [-0.15, -0.1) is 6.42 Å². The molecule has 3 N–H and O–H groups in total. The van der Waals surface area contributed by atoms with Crippen LogP contribution in [-0.4, -0.2) is 32.6 Å². The van der Waals surface area contributed by atoms with E-state index in [1.807, 2.05) is 31.2 Å². The lowest BCUT2D eigenvalue weighted by Crippen LogP contribution is -2.25. The van der Waals surface area contributed by atoms with Gasteiger partial charge in [-0.3, -0.25) is 14.9 Å². The number of H-pyrrole nitrogens is 1. The maximum absolute atomic E-state index is 12.5. The minimum Gasteiger partial charge on any atom is -0.378 e. The third kappa shape index (κ3) is 6.04. The number of pyridine rings is 1. The van der Waals surface area contributed by atoms with Gasteiger partial charge < -0.3 is 10.6 Å². The van der Waals surface area contributed by atoms with Crippen molar-refractivity contribution in [1.29, 1.82) is 0 Å². The average Bonchev–Trinajstić information content (AvgIpc) is 3.29. The molecule has 1 aromatic carbocycles. The first-order chi connectivity index (χ1) is 15.1. The molecule has 156 valence electrons. The molecule has 0 bridgehead atoms. The first kappa shape index (κ1) is 21.8. The van der Waals surface area contributed by atoms with Crippen molar-refractivity contribution in [3.8, 4) is 23.7 Å². The lowest BCUT2D eigenvalue weighted by atomic mass is 10.1. The molecule has 2 aromatic heterocycles. The predicted octanol–water partition coefficient (Wildman–Crippen LogP) is 3.91. The minimum atomic E-state index is -0.230. The van der Waals surface area contributed by atoms with Gasteiger partial charge >= 0.3 is 0 Å². The highest BCUT2D eigenvalue weighted by Gasteiger charge is 2.09. The van der Waals surface area contributed by atoms with E-state index in [0.717, 1.165) is 11.3 Å². The molecular weight excluding hydrogens is 412 g/mol. The van der Waals surface area contributed by atoms with Crippen LogP contribution in [0.3, 0.4) is 0 Å². The second kappa shape index (κ2) is 10.8. The molecular formula is C23H21ClN6O. The number of carbonyl (C=O) groups excluding carboxylic acids is 1. The zero-order chi connectivity index (χ0) is 22.1. The summed E-state index contributed by atoms with van der Waals surface area (Å²) in [6.07, 6.45) is 12.3. The zero-order valence-electron chi connectivity index (χ0n) is 16.9. The zero-order valence-corrected chi connectivity index (χ0v) is 17.6. The molecule has 3 rings (SSSR count). The fraction of sp³-hybridized carbons (Fsp3) is 0.130. The number of benzene rings is 1. The standard InChI is InChI=1S/C23H21ClN6O/c1-3-6-18(20(24)4-2)14-27-23(31)17-7-5-8-19(13-17)26-15-21-28-22(30-29-21)16-9-11-25-12-10-16/h2-3,5-13,26H,14-15H2,1H3,(H,27,31)(H,28,29,30)/b6-3-,20-18-. The summed E-state index contributed by atoms with van der Waals surface area (Å²) in [4.78, 5) is 21.0. The molecule has 0 aliphatic rings. The Morgan fingerprint density at radius 1 is 1.29 bits per heavy atom. The maximum atomic E-state index is 12.5. The lowest BCUT2D eigenvalue weighted by Gasteiger charge is -2.09. The fourth-order valence-electron chi connectivity index (χ4n) is 2.74. The SMILES string of the molecule is C#C/C(Cl)=C(\C=C/C)CNC(=O)c1cccc(NCc2nc(-c3ccncc3)n[nH]2)c1. The number of nitrogens with zero attached hydrogens (tertiary/aromatic N) is 3. The summed E-state index contributed by atoms with van der Waals surface area (Å²) in [5.41, 5.74) is 2.84. The van der Waals surface area contributed by atoms with Crippen LogP contribution in [0.2, 0.25) is 0 Å². The van der Waals surface area contributed by atoms with E-state index in [2.05, 4.69) is 36.7 Å². The number of allylic oxidation sites excluding steroid dienone is 2. The van der Waals surface area contributed by atoms with E-state index in [1.165, 1.54) is 0 Å².